The summed E-state index contributed by atoms with van der Waals surface area (Å²) in [5.74, 6) is -5.12. The number of hydrogen-bond donors (Lipinski definition) is 2. The number of rotatable bonds is 8. The van der Waals surface area contributed by atoms with E-state index in [-0.39, 0.29) is 53.5 Å². The van der Waals surface area contributed by atoms with Crippen molar-refractivity contribution in [3.05, 3.63) is 122 Å². The van der Waals surface area contributed by atoms with Crippen molar-refractivity contribution in [3.8, 4) is 17.2 Å². The molecule has 4 amide bonds. The number of aromatic hydroxyl groups is 1. The highest BCUT2D eigenvalue weighted by Crippen LogP contribution is 2.64. The SMILES string of the molecule is CCOc1cc([C@H]2C3=CC[C@@H]4C(=O)N(c5ccc(C)c(Cl)c5)C(=O)[C@@H]4[C@@H]3C[C@H]3C(=O)N(Nc4ccc(Cl)cc4Cl)C(=O)[C@@]23c2ccc(OC)cc2)ccc1O. The maximum Gasteiger partial charge on any atom is 0.260 e. The van der Waals surface area contributed by atoms with Gasteiger partial charge in [-0.15, -0.1) is 0 Å². The largest absolute Gasteiger partial charge is 0.504 e. The maximum absolute atomic E-state index is 15.5. The molecule has 10 nitrogen and oxygen atoms in total. The van der Waals surface area contributed by atoms with Crippen LogP contribution in [-0.2, 0) is 24.6 Å². The molecular formula is C42H36Cl3N3O7. The van der Waals surface area contributed by atoms with Crippen LogP contribution in [0, 0.1) is 30.6 Å². The van der Waals surface area contributed by atoms with Crippen molar-refractivity contribution in [1.29, 1.82) is 0 Å². The summed E-state index contributed by atoms with van der Waals surface area (Å²) in [6.45, 7) is 3.89. The van der Waals surface area contributed by atoms with Crippen LogP contribution in [0.4, 0.5) is 11.4 Å². The van der Waals surface area contributed by atoms with Crippen LogP contribution in [0.2, 0.25) is 15.1 Å². The molecule has 55 heavy (non-hydrogen) atoms. The van der Waals surface area contributed by atoms with Gasteiger partial charge in [-0.25, -0.2) is 4.90 Å². The number of benzene rings is 4. The van der Waals surface area contributed by atoms with Crippen molar-refractivity contribution in [2.24, 2.45) is 23.7 Å². The number of halogens is 3. The number of phenols is 1. The number of carbonyl (C=O) groups excluding carboxylic acids is 4. The van der Waals surface area contributed by atoms with Gasteiger partial charge in [0.25, 0.3) is 11.8 Å². The molecule has 0 unspecified atom stereocenters. The third kappa shape index (κ3) is 5.68. The third-order valence-corrected chi connectivity index (χ3v) is 12.6. The molecule has 0 radical (unpaired) electrons. The number of hydrogen-bond acceptors (Lipinski definition) is 8. The van der Waals surface area contributed by atoms with E-state index in [2.05, 4.69) is 5.43 Å². The van der Waals surface area contributed by atoms with Gasteiger partial charge in [-0.05, 0) is 104 Å². The highest BCUT2D eigenvalue weighted by Gasteiger charge is 2.70. The second-order valence-corrected chi connectivity index (χ2v) is 15.6. The first kappa shape index (κ1) is 36.9. The predicted octanol–water partition coefficient (Wildman–Crippen LogP) is 8.26. The summed E-state index contributed by atoms with van der Waals surface area (Å²) in [5.41, 5.74) is 4.78. The first-order valence-corrected chi connectivity index (χ1v) is 19.1. The predicted molar refractivity (Wildman–Crippen MR) is 209 cm³/mol. The summed E-state index contributed by atoms with van der Waals surface area (Å²) in [6, 6.07) is 21.7. The Morgan fingerprint density at radius 3 is 2.33 bits per heavy atom. The average Bonchev–Trinajstić information content (AvgIpc) is 3.55. The molecule has 0 bridgehead atoms. The number of hydrazine groups is 1. The van der Waals surface area contributed by atoms with Gasteiger partial charge < -0.3 is 14.6 Å². The molecule has 4 aliphatic rings. The molecule has 6 atom stereocenters. The zero-order chi connectivity index (χ0) is 38.9. The van der Waals surface area contributed by atoms with Crippen LogP contribution in [0.5, 0.6) is 17.2 Å². The fraction of sp³-hybridized carbons (Fsp3) is 0.286. The van der Waals surface area contributed by atoms with Crippen molar-refractivity contribution in [3.63, 3.8) is 0 Å². The zero-order valence-electron chi connectivity index (χ0n) is 30.0. The van der Waals surface area contributed by atoms with Gasteiger partial charge in [-0.1, -0.05) is 70.7 Å². The standard InChI is InChI=1S/C42H36Cl3N3O7/c1-4-55-35-17-22(6-16-34(35)49)37-27-13-14-28-36(40(52)47(38(28)50)25-10-5-21(2)31(44)19-25)29(27)20-30-39(51)48(46-33-15-9-24(43)18-32(33)45)41(53)42(30,37)23-7-11-26(54-3)12-8-23/h5-13,15-19,28-30,36-37,46,49H,4,14,20H2,1-3H3/t28-,29+,30-,36-,37-,42+/m0/s1. The fourth-order valence-electron chi connectivity index (χ4n) is 9.18. The van der Waals surface area contributed by atoms with E-state index >= 15 is 4.79 Å². The number of methoxy groups -OCH3 is 1. The number of anilines is 2. The summed E-state index contributed by atoms with van der Waals surface area (Å²) >= 11 is 19.2. The molecule has 282 valence electrons. The van der Waals surface area contributed by atoms with Gasteiger partial charge in [0.05, 0.1) is 53.3 Å². The Morgan fingerprint density at radius 1 is 0.873 bits per heavy atom. The third-order valence-electron chi connectivity index (χ3n) is 11.6. The van der Waals surface area contributed by atoms with E-state index in [0.29, 0.717) is 32.6 Å². The lowest BCUT2D eigenvalue weighted by Crippen LogP contribution is -2.53. The molecule has 2 aliphatic heterocycles. The minimum atomic E-state index is -1.57. The van der Waals surface area contributed by atoms with Crippen LogP contribution in [0.15, 0.2) is 90.5 Å². The summed E-state index contributed by atoms with van der Waals surface area (Å²) in [7, 11) is 1.54. The van der Waals surface area contributed by atoms with Gasteiger partial charge in [-0.3, -0.25) is 24.6 Å². The Bertz CT molecular complexity index is 2310. The topological polar surface area (TPSA) is 125 Å². The van der Waals surface area contributed by atoms with Crippen molar-refractivity contribution in [1.82, 2.24) is 5.01 Å². The minimum absolute atomic E-state index is 0.0878. The maximum atomic E-state index is 15.5. The van der Waals surface area contributed by atoms with Crippen LogP contribution in [0.1, 0.15) is 42.4 Å². The van der Waals surface area contributed by atoms with Gasteiger partial charge in [0.15, 0.2) is 11.5 Å². The lowest BCUT2D eigenvalue weighted by molar-refractivity contribution is -0.138. The number of amides is 4. The van der Waals surface area contributed by atoms with E-state index in [4.69, 9.17) is 44.3 Å². The summed E-state index contributed by atoms with van der Waals surface area (Å²) < 4.78 is 11.3. The van der Waals surface area contributed by atoms with Gasteiger partial charge in [0.2, 0.25) is 11.8 Å². The average molecular weight is 801 g/mol. The van der Waals surface area contributed by atoms with Gasteiger partial charge in [0, 0.05) is 16.0 Å². The first-order valence-electron chi connectivity index (χ1n) is 17.9. The lowest BCUT2D eigenvalue weighted by atomic mass is 9.49. The molecule has 2 aliphatic carbocycles. The number of carbonyl (C=O) groups is 4. The molecule has 4 aromatic rings. The molecule has 0 spiro atoms. The molecule has 3 fully saturated rings. The lowest BCUT2D eigenvalue weighted by Gasteiger charge is -2.50. The molecule has 2 N–H and O–H groups in total. The Hall–Kier alpha value is -5.03. The number of phenolic OH excluding ortho intramolecular Hbond substituents is 1. The van der Waals surface area contributed by atoms with E-state index in [1.807, 2.05) is 13.0 Å². The van der Waals surface area contributed by atoms with Crippen molar-refractivity contribution in [2.75, 3.05) is 24.0 Å². The van der Waals surface area contributed by atoms with Gasteiger partial charge in [0.1, 0.15) is 5.75 Å². The zero-order valence-corrected chi connectivity index (χ0v) is 32.3. The summed E-state index contributed by atoms with van der Waals surface area (Å²) in [4.78, 5) is 60.4. The molecular weight excluding hydrogens is 765 g/mol. The van der Waals surface area contributed by atoms with E-state index in [9.17, 15) is 19.5 Å². The number of nitrogens with one attached hydrogen (secondary N) is 1. The van der Waals surface area contributed by atoms with Crippen LogP contribution < -0.4 is 19.8 Å². The van der Waals surface area contributed by atoms with Crippen molar-refractivity contribution >= 4 is 69.8 Å². The number of ether oxygens (including phenoxy) is 2. The number of aryl methyl sites for hydroxylation is 1. The molecule has 2 heterocycles. The number of fused-ring (bicyclic) bond motifs is 4. The van der Waals surface area contributed by atoms with Gasteiger partial charge in [-0.2, -0.15) is 5.01 Å². The molecule has 8 rings (SSSR count). The number of nitrogens with zero attached hydrogens (tertiary/aromatic N) is 2. The second kappa shape index (κ2) is 13.9. The monoisotopic (exact) mass is 799 g/mol. The number of imide groups is 2. The molecule has 0 aromatic heterocycles. The van der Waals surface area contributed by atoms with E-state index in [1.54, 1.807) is 80.8 Å². The smallest absolute Gasteiger partial charge is 0.260 e. The summed E-state index contributed by atoms with van der Waals surface area (Å²) in [5, 5.41) is 12.8. The van der Waals surface area contributed by atoms with E-state index in [0.717, 1.165) is 16.1 Å². The Balaban J connectivity index is 1.34. The van der Waals surface area contributed by atoms with Crippen molar-refractivity contribution in [2.45, 2.75) is 38.0 Å². The van der Waals surface area contributed by atoms with E-state index < -0.39 is 46.8 Å². The van der Waals surface area contributed by atoms with Crippen LogP contribution in [0.3, 0.4) is 0 Å². The molecule has 4 aromatic carbocycles. The van der Waals surface area contributed by atoms with Crippen LogP contribution in [-0.4, -0.2) is 47.5 Å². The summed E-state index contributed by atoms with van der Waals surface area (Å²) in [6.07, 6.45) is 2.29. The Kier molecular flexibility index (Phi) is 9.35. The van der Waals surface area contributed by atoms with Gasteiger partial charge >= 0.3 is 0 Å². The van der Waals surface area contributed by atoms with Crippen LogP contribution in [0.25, 0.3) is 0 Å². The number of allylic oxidation sites excluding steroid dienone is 2. The normalized spacial score (nSPS) is 25.7. The van der Waals surface area contributed by atoms with Crippen LogP contribution >= 0.6 is 34.8 Å². The quantitative estimate of drug-likeness (QED) is 0.135. The second-order valence-electron chi connectivity index (χ2n) is 14.3. The highest BCUT2D eigenvalue weighted by atomic mass is 35.5. The molecule has 2 saturated heterocycles. The highest BCUT2D eigenvalue weighted by molar-refractivity contribution is 6.36. The van der Waals surface area contributed by atoms with Crippen molar-refractivity contribution < 1.29 is 33.8 Å². The fourth-order valence-corrected chi connectivity index (χ4v) is 9.80. The first-order chi connectivity index (χ1) is 26.4. The molecule has 1 saturated carbocycles. The van der Waals surface area contributed by atoms with E-state index in [1.165, 1.54) is 17.0 Å². The Morgan fingerprint density at radius 2 is 1.64 bits per heavy atom. The minimum Gasteiger partial charge on any atom is -0.504 e. The Labute approximate surface area is 332 Å². The molecule has 13 heteroatoms.